The minimum Gasteiger partial charge on any atom is -0.457 e. The fraction of sp³-hybridized carbons (Fsp3) is 0.350. The van der Waals surface area contributed by atoms with Crippen molar-refractivity contribution in [3.63, 3.8) is 0 Å². The third-order valence-electron chi connectivity index (χ3n) is 4.60. The zero-order valence-corrected chi connectivity index (χ0v) is 15.6. The van der Waals surface area contributed by atoms with Crippen molar-refractivity contribution in [3.05, 3.63) is 57.8 Å². The topological polar surface area (TPSA) is 63.7 Å². The number of amides is 1. The van der Waals surface area contributed by atoms with Gasteiger partial charge in [0.05, 0.1) is 16.8 Å². The quantitative estimate of drug-likeness (QED) is 0.577. The smallest absolute Gasteiger partial charge is 0.311 e. The normalized spacial score (nSPS) is 18.0. The first-order valence-electron chi connectivity index (χ1n) is 8.56. The third kappa shape index (κ3) is 4.02. The highest BCUT2D eigenvalue weighted by Crippen LogP contribution is 2.29. The standard InChI is InChI=1S/C20H21NO4S/c1-13-8-9-18(26-13)17(22)12-25-20(24)16-10-19(23)21(11-16)14(2)15-6-4-3-5-7-15/h3-9,14,16H,10-12H2,1-2H3/t14-,16+/m0/s1. The summed E-state index contributed by atoms with van der Waals surface area (Å²) in [5.41, 5.74) is 1.03. The van der Waals surface area contributed by atoms with Crippen molar-refractivity contribution in [2.24, 2.45) is 5.92 Å². The molecule has 1 saturated heterocycles. The first-order valence-corrected chi connectivity index (χ1v) is 9.38. The first kappa shape index (κ1) is 18.3. The van der Waals surface area contributed by atoms with E-state index in [0.29, 0.717) is 11.4 Å². The lowest BCUT2D eigenvalue weighted by molar-refractivity contribution is -0.147. The second kappa shape index (κ2) is 7.83. The number of esters is 1. The van der Waals surface area contributed by atoms with Crippen molar-refractivity contribution in [1.29, 1.82) is 0 Å². The van der Waals surface area contributed by atoms with Gasteiger partial charge in [-0.05, 0) is 31.5 Å². The van der Waals surface area contributed by atoms with Crippen LogP contribution in [0.2, 0.25) is 0 Å². The molecule has 2 atom stereocenters. The minimum atomic E-state index is -0.522. The Labute approximate surface area is 156 Å². The van der Waals surface area contributed by atoms with Crippen molar-refractivity contribution in [2.45, 2.75) is 26.3 Å². The Morgan fingerprint density at radius 3 is 2.62 bits per heavy atom. The van der Waals surface area contributed by atoms with Gasteiger partial charge in [0, 0.05) is 17.8 Å². The number of Topliss-reactive ketones (excluding diaryl/α,β-unsaturated/α-hetero) is 1. The van der Waals surface area contributed by atoms with Crippen molar-refractivity contribution in [1.82, 2.24) is 4.90 Å². The van der Waals surface area contributed by atoms with Gasteiger partial charge in [-0.1, -0.05) is 30.3 Å². The number of hydrogen-bond acceptors (Lipinski definition) is 5. The van der Waals surface area contributed by atoms with Crippen LogP contribution in [0.1, 0.15) is 39.5 Å². The molecule has 1 fully saturated rings. The molecule has 6 heteroatoms. The van der Waals surface area contributed by atoms with Crippen LogP contribution in [0.25, 0.3) is 0 Å². The summed E-state index contributed by atoms with van der Waals surface area (Å²) in [6.45, 7) is 3.90. The van der Waals surface area contributed by atoms with Gasteiger partial charge in [0.15, 0.2) is 6.61 Å². The van der Waals surface area contributed by atoms with Crippen molar-refractivity contribution >= 4 is 29.0 Å². The predicted molar refractivity (Wildman–Crippen MR) is 99.0 cm³/mol. The maximum absolute atomic E-state index is 12.3. The van der Waals surface area contributed by atoms with Gasteiger partial charge in [-0.3, -0.25) is 14.4 Å². The molecule has 1 aromatic carbocycles. The average Bonchev–Trinajstić information content (AvgIpc) is 3.25. The van der Waals surface area contributed by atoms with E-state index >= 15 is 0 Å². The summed E-state index contributed by atoms with van der Waals surface area (Å²) in [6.07, 6.45) is 0.127. The van der Waals surface area contributed by atoms with E-state index in [-0.39, 0.29) is 30.8 Å². The molecule has 2 heterocycles. The highest BCUT2D eigenvalue weighted by Gasteiger charge is 2.38. The number of carbonyl (C=O) groups is 3. The molecule has 0 bridgehead atoms. The van der Waals surface area contributed by atoms with E-state index in [4.69, 9.17) is 4.74 Å². The number of nitrogens with zero attached hydrogens (tertiary/aromatic N) is 1. The minimum absolute atomic E-state index is 0.0662. The van der Waals surface area contributed by atoms with Crippen LogP contribution < -0.4 is 0 Å². The summed E-state index contributed by atoms with van der Waals surface area (Å²) in [4.78, 5) is 40.0. The summed E-state index contributed by atoms with van der Waals surface area (Å²) in [5, 5.41) is 0. The summed E-state index contributed by atoms with van der Waals surface area (Å²) in [5.74, 6) is -1.28. The van der Waals surface area contributed by atoms with Crippen LogP contribution in [0.15, 0.2) is 42.5 Å². The average molecular weight is 371 g/mol. The molecule has 0 spiro atoms. The van der Waals surface area contributed by atoms with Gasteiger partial charge in [-0.25, -0.2) is 0 Å². The molecule has 1 aromatic heterocycles. The van der Waals surface area contributed by atoms with Gasteiger partial charge in [0.1, 0.15) is 0 Å². The van der Waals surface area contributed by atoms with Gasteiger partial charge < -0.3 is 9.64 Å². The predicted octanol–water partition coefficient (Wildman–Crippen LogP) is 3.39. The summed E-state index contributed by atoms with van der Waals surface area (Å²) >= 11 is 1.38. The molecule has 1 amide bonds. The molecule has 0 aliphatic carbocycles. The number of rotatable bonds is 6. The Balaban J connectivity index is 1.56. The van der Waals surface area contributed by atoms with Gasteiger partial charge in [-0.2, -0.15) is 0 Å². The molecule has 0 unspecified atom stereocenters. The van der Waals surface area contributed by atoms with Crippen LogP contribution in [0, 0.1) is 12.8 Å². The van der Waals surface area contributed by atoms with E-state index in [1.165, 1.54) is 11.3 Å². The number of hydrogen-bond donors (Lipinski definition) is 0. The van der Waals surface area contributed by atoms with Crippen LogP contribution in [-0.4, -0.2) is 35.7 Å². The number of benzene rings is 1. The lowest BCUT2D eigenvalue weighted by Crippen LogP contribution is -2.30. The monoisotopic (exact) mass is 371 g/mol. The largest absolute Gasteiger partial charge is 0.457 e. The second-order valence-corrected chi connectivity index (χ2v) is 7.76. The maximum Gasteiger partial charge on any atom is 0.311 e. The molecule has 1 aliphatic rings. The van der Waals surface area contributed by atoms with Gasteiger partial charge in [-0.15, -0.1) is 11.3 Å². The maximum atomic E-state index is 12.3. The Hall–Kier alpha value is -2.47. The van der Waals surface area contributed by atoms with Gasteiger partial charge in [0.25, 0.3) is 0 Å². The van der Waals surface area contributed by atoms with E-state index in [1.807, 2.05) is 50.2 Å². The molecule has 5 nitrogen and oxygen atoms in total. The molecule has 1 aliphatic heterocycles. The Kier molecular flexibility index (Phi) is 5.52. The highest BCUT2D eigenvalue weighted by atomic mass is 32.1. The lowest BCUT2D eigenvalue weighted by Gasteiger charge is -2.25. The number of ketones is 1. The Bertz CT molecular complexity index is 814. The van der Waals surface area contributed by atoms with Crippen LogP contribution in [0.3, 0.4) is 0 Å². The SMILES string of the molecule is Cc1ccc(C(=O)COC(=O)[C@@H]2CC(=O)N([C@@H](C)c3ccccc3)C2)s1. The van der Waals surface area contributed by atoms with Gasteiger partial charge >= 0.3 is 5.97 Å². The summed E-state index contributed by atoms with van der Waals surface area (Å²) in [6, 6.07) is 13.2. The van der Waals surface area contributed by atoms with E-state index in [9.17, 15) is 14.4 Å². The molecule has 26 heavy (non-hydrogen) atoms. The van der Waals surface area contributed by atoms with Crippen LogP contribution in [-0.2, 0) is 14.3 Å². The molecule has 0 N–H and O–H groups in total. The molecule has 2 aromatic rings. The Morgan fingerprint density at radius 2 is 1.96 bits per heavy atom. The number of likely N-dealkylation sites (tertiary alicyclic amines) is 1. The first-order chi connectivity index (χ1) is 12.5. The second-order valence-electron chi connectivity index (χ2n) is 6.47. The molecular formula is C20H21NO4S. The van der Waals surface area contributed by atoms with E-state index in [1.54, 1.807) is 11.0 Å². The lowest BCUT2D eigenvalue weighted by atomic mass is 10.1. The van der Waals surface area contributed by atoms with Gasteiger partial charge in [0.2, 0.25) is 11.7 Å². The third-order valence-corrected chi connectivity index (χ3v) is 5.64. The fourth-order valence-corrected chi connectivity index (χ4v) is 3.88. The van der Waals surface area contributed by atoms with Crippen LogP contribution >= 0.6 is 11.3 Å². The molecule has 0 saturated carbocycles. The zero-order chi connectivity index (χ0) is 18.7. The molecular weight excluding hydrogens is 350 g/mol. The van der Waals surface area contributed by atoms with Crippen molar-refractivity contribution in [3.8, 4) is 0 Å². The molecule has 3 rings (SSSR count). The van der Waals surface area contributed by atoms with Crippen molar-refractivity contribution < 1.29 is 19.1 Å². The number of ether oxygens (including phenoxy) is 1. The Morgan fingerprint density at radius 1 is 1.23 bits per heavy atom. The molecule has 136 valence electrons. The highest BCUT2D eigenvalue weighted by molar-refractivity contribution is 7.14. The summed E-state index contributed by atoms with van der Waals surface area (Å²) in [7, 11) is 0. The number of carbonyl (C=O) groups excluding carboxylic acids is 3. The summed E-state index contributed by atoms with van der Waals surface area (Å²) < 4.78 is 5.17. The molecule has 0 radical (unpaired) electrons. The van der Waals surface area contributed by atoms with Crippen LogP contribution in [0.4, 0.5) is 0 Å². The van der Waals surface area contributed by atoms with E-state index < -0.39 is 11.9 Å². The van der Waals surface area contributed by atoms with E-state index in [2.05, 4.69) is 0 Å². The van der Waals surface area contributed by atoms with Crippen molar-refractivity contribution in [2.75, 3.05) is 13.2 Å². The fourth-order valence-electron chi connectivity index (χ4n) is 3.09. The zero-order valence-electron chi connectivity index (χ0n) is 14.8. The number of aryl methyl sites for hydroxylation is 1. The van der Waals surface area contributed by atoms with Crippen LogP contribution in [0.5, 0.6) is 0 Å². The number of thiophene rings is 1. The van der Waals surface area contributed by atoms with E-state index in [0.717, 1.165) is 10.4 Å².